The highest BCUT2D eigenvalue weighted by atomic mass is 16.8. The van der Waals surface area contributed by atoms with E-state index in [4.69, 9.17) is 5.73 Å². The minimum Gasteiger partial charge on any atom is -0.622 e. The van der Waals surface area contributed by atoms with Gasteiger partial charge in [0, 0.05) is 24.9 Å². The van der Waals surface area contributed by atoms with Gasteiger partial charge in [0.1, 0.15) is 0 Å². The molecule has 8 nitrogen and oxygen atoms in total. The van der Waals surface area contributed by atoms with Crippen LogP contribution in [0.25, 0.3) is 0 Å². The van der Waals surface area contributed by atoms with Gasteiger partial charge in [-0.15, -0.1) is 0 Å². The van der Waals surface area contributed by atoms with Crippen molar-refractivity contribution >= 4 is 5.71 Å². The number of rotatable bonds is 0. The molecule has 3 rings (SSSR count). The summed E-state index contributed by atoms with van der Waals surface area (Å²) < 4.78 is 5.10. The number of hydrogen-bond donors (Lipinski definition) is 2. The molecule has 2 atom stereocenters. The van der Waals surface area contributed by atoms with Crippen molar-refractivity contribution in [1.29, 1.82) is 0 Å². The Hall–Kier alpha value is -1.67. The van der Waals surface area contributed by atoms with Crippen LogP contribution in [0.2, 0.25) is 0 Å². The van der Waals surface area contributed by atoms with Crippen molar-refractivity contribution in [3.05, 3.63) is 21.8 Å². The molecular formula is C9H12N4O4. The van der Waals surface area contributed by atoms with Crippen molar-refractivity contribution in [2.24, 2.45) is 5.73 Å². The number of nitrogens with two attached hydrogens (primary N) is 1. The number of hydroxylamine groups is 1. The quantitative estimate of drug-likeness (QED) is 0.418. The highest BCUT2D eigenvalue weighted by molar-refractivity contribution is 5.80. The summed E-state index contributed by atoms with van der Waals surface area (Å²) in [5.41, 5.74) is 3.64. The Kier molecular flexibility index (Phi) is 1.71. The Morgan fingerprint density at radius 3 is 2.94 bits per heavy atom. The van der Waals surface area contributed by atoms with Gasteiger partial charge in [0.2, 0.25) is 11.3 Å². The molecule has 0 amide bonds. The molecule has 8 heteroatoms. The Morgan fingerprint density at radius 1 is 1.53 bits per heavy atom. The van der Waals surface area contributed by atoms with Gasteiger partial charge in [-0.1, -0.05) is 0 Å². The van der Waals surface area contributed by atoms with Crippen molar-refractivity contribution in [3.8, 4) is 0 Å². The normalized spacial score (nSPS) is 35.9. The first-order chi connectivity index (χ1) is 7.90. The molecule has 1 aliphatic carbocycles. The maximum atomic E-state index is 11.9. The summed E-state index contributed by atoms with van der Waals surface area (Å²) >= 11 is 0. The molecule has 17 heavy (non-hydrogen) atoms. The van der Waals surface area contributed by atoms with Crippen molar-refractivity contribution in [3.63, 3.8) is 0 Å². The molecular weight excluding hydrogens is 228 g/mol. The Balaban J connectivity index is 2.23. The fourth-order valence-corrected chi connectivity index (χ4v) is 2.80. The third-order valence-corrected chi connectivity index (χ3v) is 3.77. The maximum Gasteiger partial charge on any atom is 0.262 e. The third kappa shape index (κ3) is 0.973. The molecule has 0 aromatic carbocycles. The van der Waals surface area contributed by atoms with E-state index in [2.05, 4.69) is 9.79 Å². The fraction of sp³-hybridized carbons (Fsp3) is 0.667. The molecule has 3 N–H and O–H groups in total. The van der Waals surface area contributed by atoms with Crippen LogP contribution < -0.4 is 10.6 Å². The molecule has 2 heterocycles. The van der Waals surface area contributed by atoms with Crippen LogP contribution >= 0.6 is 0 Å². The number of fused-ring (bicyclic) bond motifs is 3. The van der Waals surface area contributed by atoms with Gasteiger partial charge in [-0.05, 0) is 4.90 Å². The predicted octanol–water partition coefficient (Wildman–Crippen LogP) is -1.53. The van der Waals surface area contributed by atoms with Gasteiger partial charge in [-0.3, -0.25) is 10.4 Å². The average Bonchev–Trinajstić information content (AvgIpc) is 2.72. The van der Waals surface area contributed by atoms with Gasteiger partial charge in [0.05, 0.1) is 6.42 Å². The largest absolute Gasteiger partial charge is 0.622 e. The topological polar surface area (TPSA) is 125 Å². The van der Waals surface area contributed by atoms with E-state index in [-0.39, 0.29) is 35.6 Å². The number of aliphatic hydroxyl groups is 1. The molecule has 0 radical (unpaired) electrons. The summed E-state index contributed by atoms with van der Waals surface area (Å²) in [6, 6.07) is 0. The SMILES string of the molecule is CC1=[N+]([O-])[C@@]2(N)CCc3c(no[n+]3[O-])[C@@]2(O)C1. The maximum absolute atomic E-state index is 11.9. The van der Waals surface area contributed by atoms with Gasteiger partial charge in [-0.2, -0.15) is 4.74 Å². The smallest absolute Gasteiger partial charge is 0.262 e. The van der Waals surface area contributed by atoms with Gasteiger partial charge >= 0.3 is 0 Å². The Bertz CT molecular complexity index is 539. The molecule has 1 aromatic rings. The lowest BCUT2D eigenvalue weighted by molar-refractivity contribution is -0.808. The second-order valence-corrected chi connectivity index (χ2v) is 4.72. The molecule has 0 unspecified atom stereocenters. The van der Waals surface area contributed by atoms with E-state index in [0.29, 0.717) is 10.5 Å². The van der Waals surface area contributed by atoms with Crippen LogP contribution in [0.1, 0.15) is 31.2 Å². The number of hydrogen-bond acceptors (Lipinski definition) is 6. The lowest BCUT2D eigenvalue weighted by Crippen LogP contribution is -2.63. The second-order valence-electron chi connectivity index (χ2n) is 4.72. The van der Waals surface area contributed by atoms with E-state index in [1.54, 1.807) is 6.92 Å². The highest BCUT2D eigenvalue weighted by Gasteiger charge is 2.68. The summed E-state index contributed by atoms with van der Waals surface area (Å²) in [5.74, 6) is 0. The first-order valence-electron chi connectivity index (χ1n) is 5.30. The minimum absolute atomic E-state index is 0.0620. The fourth-order valence-electron chi connectivity index (χ4n) is 2.80. The summed E-state index contributed by atoms with van der Waals surface area (Å²) in [7, 11) is 0. The van der Waals surface area contributed by atoms with Gasteiger partial charge in [-0.25, -0.2) is 0 Å². The lowest BCUT2D eigenvalue weighted by Gasteiger charge is -2.35. The third-order valence-electron chi connectivity index (χ3n) is 3.77. The minimum atomic E-state index is -1.65. The van der Waals surface area contributed by atoms with Crippen molar-refractivity contribution in [1.82, 2.24) is 5.16 Å². The molecule has 92 valence electrons. The summed E-state index contributed by atoms with van der Waals surface area (Å²) in [4.78, 5) is 0.260. The van der Waals surface area contributed by atoms with E-state index in [9.17, 15) is 15.5 Å². The molecule has 0 bridgehead atoms. The van der Waals surface area contributed by atoms with Crippen LogP contribution in [-0.4, -0.2) is 26.4 Å². The van der Waals surface area contributed by atoms with Crippen LogP contribution in [0.5, 0.6) is 0 Å². The first kappa shape index (κ1) is 10.5. The molecule has 0 fully saturated rings. The van der Waals surface area contributed by atoms with Crippen LogP contribution in [0.15, 0.2) is 4.63 Å². The van der Waals surface area contributed by atoms with E-state index in [1.165, 1.54) is 0 Å². The standard InChI is InChI=1S/C9H12N4O4/c1-5-4-8(14)7-6(13(16)17-11-7)2-3-9(8,10)12(5)15/h14H,2-4,10H2,1H3/t8-,9-/m0/s1. The van der Waals surface area contributed by atoms with Crippen LogP contribution in [0.3, 0.4) is 0 Å². The Labute approximate surface area is 96.1 Å². The van der Waals surface area contributed by atoms with Gasteiger partial charge in [0.25, 0.3) is 11.4 Å². The molecule has 2 aliphatic rings. The number of nitrogens with zero attached hydrogens (tertiary/aromatic N) is 3. The zero-order valence-electron chi connectivity index (χ0n) is 9.21. The first-order valence-corrected chi connectivity index (χ1v) is 5.30. The highest BCUT2D eigenvalue weighted by Crippen LogP contribution is 2.45. The molecule has 0 saturated carbocycles. The van der Waals surface area contributed by atoms with E-state index in [1.807, 2.05) is 0 Å². The zero-order valence-corrected chi connectivity index (χ0v) is 9.21. The van der Waals surface area contributed by atoms with Crippen molar-refractivity contribution in [2.45, 2.75) is 37.5 Å². The van der Waals surface area contributed by atoms with E-state index < -0.39 is 11.3 Å². The predicted molar refractivity (Wildman–Crippen MR) is 53.5 cm³/mol. The summed E-state index contributed by atoms with van der Waals surface area (Å²) in [5, 5.41) is 37.4. The molecule has 1 aromatic heterocycles. The molecule has 0 spiro atoms. The number of aromatic nitrogens is 2. The van der Waals surface area contributed by atoms with Crippen LogP contribution in [0, 0.1) is 10.4 Å². The van der Waals surface area contributed by atoms with Gasteiger partial charge < -0.3 is 15.5 Å². The van der Waals surface area contributed by atoms with Crippen LogP contribution in [0.4, 0.5) is 0 Å². The van der Waals surface area contributed by atoms with Crippen molar-refractivity contribution in [2.75, 3.05) is 0 Å². The second kappa shape index (κ2) is 2.77. The zero-order chi connectivity index (χ0) is 12.4. The summed E-state index contributed by atoms with van der Waals surface area (Å²) in [6.07, 6.45) is 0.500. The Morgan fingerprint density at radius 2 is 2.24 bits per heavy atom. The summed E-state index contributed by atoms with van der Waals surface area (Å²) in [6.45, 7) is 1.60. The van der Waals surface area contributed by atoms with E-state index in [0.717, 1.165) is 0 Å². The average molecular weight is 240 g/mol. The molecule has 1 aliphatic heterocycles. The van der Waals surface area contributed by atoms with E-state index >= 15 is 0 Å². The van der Waals surface area contributed by atoms with Gasteiger partial charge in [0.15, 0.2) is 5.71 Å². The van der Waals surface area contributed by atoms with Crippen molar-refractivity contribution < 1.29 is 19.4 Å². The lowest BCUT2D eigenvalue weighted by atomic mass is 9.76. The monoisotopic (exact) mass is 240 g/mol. The van der Waals surface area contributed by atoms with Crippen LogP contribution in [-0.2, 0) is 12.0 Å². The molecule has 0 saturated heterocycles.